The van der Waals surface area contributed by atoms with Gasteiger partial charge in [-0.1, -0.05) is 42.5 Å². The van der Waals surface area contributed by atoms with E-state index in [0.717, 1.165) is 12.0 Å². The SMILES string of the molecule is O=S1(=O)N=C(CCc2ccccc2)Nc2ccccc21. The minimum atomic E-state index is -3.57. The third-order valence-electron chi connectivity index (χ3n) is 3.17. The predicted molar refractivity (Wildman–Crippen MR) is 79.4 cm³/mol. The molecule has 0 atom stereocenters. The molecule has 1 aliphatic heterocycles. The van der Waals surface area contributed by atoms with Crippen LogP contribution in [0.25, 0.3) is 0 Å². The summed E-state index contributed by atoms with van der Waals surface area (Å²) in [5, 5.41) is 3.09. The van der Waals surface area contributed by atoms with Gasteiger partial charge in [-0.3, -0.25) is 0 Å². The van der Waals surface area contributed by atoms with Crippen molar-refractivity contribution < 1.29 is 8.42 Å². The van der Waals surface area contributed by atoms with Crippen molar-refractivity contribution in [2.45, 2.75) is 17.7 Å². The molecule has 5 heteroatoms. The van der Waals surface area contributed by atoms with Crippen molar-refractivity contribution in [1.29, 1.82) is 0 Å². The molecule has 1 N–H and O–H groups in total. The number of para-hydroxylation sites is 1. The molecule has 0 fully saturated rings. The molecule has 0 amide bonds. The van der Waals surface area contributed by atoms with Crippen LogP contribution in [0.4, 0.5) is 5.69 Å². The number of sulfonamides is 1. The maximum absolute atomic E-state index is 12.1. The molecule has 0 aromatic heterocycles. The molecule has 0 saturated carbocycles. The molecule has 4 nitrogen and oxygen atoms in total. The standard InChI is InChI=1S/C15H14N2O2S/c18-20(19)14-9-5-4-8-13(14)16-15(17-20)11-10-12-6-2-1-3-7-12/h1-9H,10-11H2,(H,16,17). The van der Waals surface area contributed by atoms with Gasteiger partial charge in [0.2, 0.25) is 0 Å². The molecular weight excluding hydrogens is 272 g/mol. The number of anilines is 1. The highest BCUT2D eigenvalue weighted by molar-refractivity contribution is 7.90. The Morgan fingerprint density at radius 2 is 1.60 bits per heavy atom. The summed E-state index contributed by atoms with van der Waals surface area (Å²) < 4.78 is 28.0. The lowest BCUT2D eigenvalue weighted by atomic mass is 10.1. The third kappa shape index (κ3) is 2.58. The Balaban J connectivity index is 1.82. The maximum Gasteiger partial charge on any atom is 0.286 e. The lowest BCUT2D eigenvalue weighted by Crippen LogP contribution is -2.21. The molecule has 20 heavy (non-hydrogen) atoms. The van der Waals surface area contributed by atoms with Gasteiger partial charge in [-0.2, -0.15) is 8.42 Å². The van der Waals surface area contributed by atoms with Crippen LogP contribution in [-0.2, 0) is 16.4 Å². The third-order valence-corrected chi connectivity index (χ3v) is 4.54. The molecule has 0 saturated heterocycles. The summed E-state index contributed by atoms with van der Waals surface area (Å²) in [4.78, 5) is 0.239. The van der Waals surface area contributed by atoms with Crippen LogP contribution in [0, 0.1) is 0 Å². The van der Waals surface area contributed by atoms with Crippen molar-refractivity contribution >= 4 is 21.5 Å². The van der Waals surface area contributed by atoms with E-state index in [-0.39, 0.29) is 4.90 Å². The van der Waals surface area contributed by atoms with Crippen LogP contribution in [0.1, 0.15) is 12.0 Å². The van der Waals surface area contributed by atoms with Crippen LogP contribution in [0.15, 0.2) is 63.9 Å². The largest absolute Gasteiger partial charge is 0.342 e. The van der Waals surface area contributed by atoms with Crippen LogP contribution in [0.3, 0.4) is 0 Å². The van der Waals surface area contributed by atoms with Gasteiger partial charge >= 0.3 is 0 Å². The highest BCUT2D eigenvalue weighted by Crippen LogP contribution is 2.27. The number of amidine groups is 1. The molecule has 0 aliphatic carbocycles. The molecule has 102 valence electrons. The van der Waals surface area contributed by atoms with E-state index in [1.807, 2.05) is 36.4 Å². The second-order valence-corrected chi connectivity index (χ2v) is 6.19. The number of hydrogen-bond donors (Lipinski definition) is 1. The van der Waals surface area contributed by atoms with E-state index in [1.54, 1.807) is 18.2 Å². The Morgan fingerprint density at radius 1 is 0.900 bits per heavy atom. The summed E-state index contributed by atoms with van der Waals surface area (Å²) >= 11 is 0. The Morgan fingerprint density at radius 3 is 2.40 bits per heavy atom. The molecule has 2 aromatic rings. The molecule has 1 aliphatic rings. The summed E-state index contributed by atoms with van der Waals surface area (Å²) in [6, 6.07) is 16.8. The fraction of sp³-hybridized carbons (Fsp3) is 0.133. The highest BCUT2D eigenvalue weighted by Gasteiger charge is 2.23. The molecule has 3 rings (SSSR count). The first-order chi connectivity index (χ1) is 9.65. The van der Waals surface area contributed by atoms with Gasteiger partial charge in [0.15, 0.2) is 0 Å². The number of nitrogens with one attached hydrogen (secondary N) is 1. The summed E-state index contributed by atoms with van der Waals surface area (Å²) in [6.45, 7) is 0. The van der Waals surface area contributed by atoms with E-state index in [9.17, 15) is 8.42 Å². The Kier molecular flexibility index (Phi) is 3.28. The number of nitrogens with zero attached hydrogens (tertiary/aromatic N) is 1. The van der Waals surface area contributed by atoms with E-state index >= 15 is 0 Å². The summed E-state index contributed by atoms with van der Waals surface area (Å²) in [5.41, 5.74) is 1.76. The van der Waals surface area contributed by atoms with Crippen LogP contribution >= 0.6 is 0 Å². The molecule has 0 radical (unpaired) electrons. The zero-order chi connectivity index (χ0) is 14.0. The van der Waals surface area contributed by atoms with E-state index in [4.69, 9.17) is 0 Å². The molecule has 0 unspecified atom stereocenters. The molecule has 2 aromatic carbocycles. The molecule has 1 heterocycles. The van der Waals surface area contributed by atoms with Crippen LogP contribution in [-0.4, -0.2) is 14.3 Å². The summed E-state index contributed by atoms with van der Waals surface area (Å²) in [7, 11) is -3.57. The first kappa shape index (κ1) is 12.9. The second-order valence-electron chi connectivity index (χ2n) is 4.62. The quantitative estimate of drug-likeness (QED) is 0.944. The van der Waals surface area contributed by atoms with Gasteiger partial charge in [-0.25, -0.2) is 0 Å². The van der Waals surface area contributed by atoms with Crippen molar-refractivity contribution in [3.63, 3.8) is 0 Å². The minimum absolute atomic E-state index is 0.239. The number of rotatable bonds is 3. The van der Waals surface area contributed by atoms with E-state index in [1.165, 1.54) is 0 Å². The molecule has 0 bridgehead atoms. The van der Waals surface area contributed by atoms with Crippen LogP contribution in [0.2, 0.25) is 0 Å². The lowest BCUT2D eigenvalue weighted by Gasteiger charge is -2.17. The van der Waals surface area contributed by atoms with Gasteiger partial charge < -0.3 is 5.32 Å². The maximum atomic E-state index is 12.1. The monoisotopic (exact) mass is 286 g/mol. The number of hydrogen-bond acceptors (Lipinski definition) is 3. The minimum Gasteiger partial charge on any atom is -0.342 e. The van der Waals surface area contributed by atoms with Gasteiger partial charge in [0.1, 0.15) is 10.7 Å². The van der Waals surface area contributed by atoms with Crippen molar-refractivity contribution in [1.82, 2.24) is 0 Å². The van der Waals surface area contributed by atoms with Gasteiger partial charge in [-0.15, -0.1) is 4.40 Å². The molecular formula is C15H14N2O2S. The van der Waals surface area contributed by atoms with Crippen molar-refractivity contribution in [3.05, 3.63) is 60.2 Å². The van der Waals surface area contributed by atoms with E-state index in [2.05, 4.69) is 9.71 Å². The summed E-state index contributed by atoms with van der Waals surface area (Å²) in [6.07, 6.45) is 1.32. The predicted octanol–water partition coefficient (Wildman–Crippen LogP) is 2.83. The zero-order valence-corrected chi connectivity index (χ0v) is 11.6. The number of benzene rings is 2. The number of aryl methyl sites for hydroxylation is 1. The number of fused-ring (bicyclic) bond motifs is 1. The Labute approximate surface area is 118 Å². The van der Waals surface area contributed by atoms with Crippen molar-refractivity contribution in [2.75, 3.05) is 5.32 Å². The Hall–Kier alpha value is -2.14. The molecule has 0 spiro atoms. The van der Waals surface area contributed by atoms with Gasteiger partial charge in [0.05, 0.1) is 5.69 Å². The van der Waals surface area contributed by atoms with Crippen LogP contribution in [0.5, 0.6) is 0 Å². The second kappa shape index (κ2) is 5.09. The van der Waals surface area contributed by atoms with Gasteiger partial charge in [-0.05, 0) is 24.1 Å². The van der Waals surface area contributed by atoms with Crippen molar-refractivity contribution in [3.8, 4) is 0 Å². The normalized spacial score (nSPS) is 15.9. The van der Waals surface area contributed by atoms with E-state index < -0.39 is 10.0 Å². The van der Waals surface area contributed by atoms with Crippen molar-refractivity contribution in [2.24, 2.45) is 4.40 Å². The zero-order valence-electron chi connectivity index (χ0n) is 10.8. The van der Waals surface area contributed by atoms with E-state index in [0.29, 0.717) is 17.9 Å². The Bertz CT molecular complexity index is 752. The lowest BCUT2D eigenvalue weighted by molar-refractivity contribution is 0.597. The highest BCUT2D eigenvalue weighted by atomic mass is 32.2. The average Bonchev–Trinajstić information content (AvgIpc) is 2.46. The van der Waals surface area contributed by atoms with Gasteiger partial charge in [0.25, 0.3) is 10.0 Å². The van der Waals surface area contributed by atoms with Crippen LogP contribution < -0.4 is 5.32 Å². The van der Waals surface area contributed by atoms with Gasteiger partial charge in [0, 0.05) is 6.42 Å². The summed E-state index contributed by atoms with van der Waals surface area (Å²) in [5.74, 6) is 0.493. The smallest absolute Gasteiger partial charge is 0.286 e. The average molecular weight is 286 g/mol. The first-order valence-electron chi connectivity index (χ1n) is 6.39. The topological polar surface area (TPSA) is 58.5 Å². The fourth-order valence-corrected chi connectivity index (χ4v) is 3.36. The first-order valence-corrected chi connectivity index (χ1v) is 7.83. The fourth-order valence-electron chi connectivity index (χ4n) is 2.18.